The van der Waals surface area contributed by atoms with Gasteiger partial charge in [0, 0.05) is 13.0 Å². The maximum absolute atomic E-state index is 12.0. The Bertz CT molecular complexity index is 394. The molecule has 1 amide bonds. The molecular formula is C15H21NO3. The number of benzene rings is 1. The van der Waals surface area contributed by atoms with Crippen molar-refractivity contribution in [3.05, 3.63) is 30.3 Å². The molecule has 2 rings (SSSR count). The Morgan fingerprint density at radius 1 is 1.37 bits per heavy atom. The third-order valence-corrected chi connectivity index (χ3v) is 3.46. The molecule has 1 aromatic rings. The van der Waals surface area contributed by atoms with Gasteiger partial charge in [-0.05, 0) is 31.4 Å². The van der Waals surface area contributed by atoms with Crippen molar-refractivity contribution in [1.29, 1.82) is 0 Å². The van der Waals surface area contributed by atoms with Crippen LogP contribution in [0.2, 0.25) is 0 Å². The van der Waals surface area contributed by atoms with Crippen LogP contribution in [0.15, 0.2) is 30.3 Å². The Morgan fingerprint density at radius 2 is 2.16 bits per heavy atom. The molecule has 104 valence electrons. The van der Waals surface area contributed by atoms with E-state index in [1.807, 2.05) is 35.2 Å². The van der Waals surface area contributed by atoms with Crippen LogP contribution in [0, 0.1) is 0 Å². The van der Waals surface area contributed by atoms with E-state index in [1.54, 1.807) is 0 Å². The van der Waals surface area contributed by atoms with Crippen LogP contribution in [0.25, 0.3) is 0 Å². The summed E-state index contributed by atoms with van der Waals surface area (Å²) in [4.78, 5) is 13.8. The molecule has 1 fully saturated rings. The van der Waals surface area contributed by atoms with Gasteiger partial charge in [0.2, 0.25) is 5.91 Å². The van der Waals surface area contributed by atoms with Gasteiger partial charge >= 0.3 is 0 Å². The van der Waals surface area contributed by atoms with E-state index in [0.29, 0.717) is 19.4 Å². The van der Waals surface area contributed by atoms with Crippen molar-refractivity contribution in [1.82, 2.24) is 4.90 Å². The number of rotatable bonds is 6. The number of amides is 1. The minimum Gasteiger partial charge on any atom is -0.494 e. The molecule has 0 aromatic heterocycles. The predicted molar refractivity (Wildman–Crippen MR) is 73.0 cm³/mol. The summed E-state index contributed by atoms with van der Waals surface area (Å²) < 4.78 is 5.55. The van der Waals surface area contributed by atoms with Gasteiger partial charge < -0.3 is 14.7 Å². The van der Waals surface area contributed by atoms with Crippen molar-refractivity contribution >= 4 is 5.91 Å². The van der Waals surface area contributed by atoms with Crippen LogP contribution in [-0.2, 0) is 4.79 Å². The van der Waals surface area contributed by atoms with Crippen LogP contribution in [0.3, 0.4) is 0 Å². The Labute approximate surface area is 114 Å². The average molecular weight is 263 g/mol. The molecule has 0 radical (unpaired) electrons. The summed E-state index contributed by atoms with van der Waals surface area (Å²) in [5.41, 5.74) is 0. The van der Waals surface area contributed by atoms with Gasteiger partial charge in [0.1, 0.15) is 5.75 Å². The zero-order valence-corrected chi connectivity index (χ0v) is 11.1. The van der Waals surface area contributed by atoms with Crippen LogP contribution >= 0.6 is 0 Å². The number of hydrogen-bond acceptors (Lipinski definition) is 3. The van der Waals surface area contributed by atoms with E-state index in [0.717, 1.165) is 25.1 Å². The van der Waals surface area contributed by atoms with Crippen LogP contribution < -0.4 is 4.74 Å². The van der Waals surface area contributed by atoms with Crippen molar-refractivity contribution in [2.45, 2.75) is 31.7 Å². The SMILES string of the molecule is O=C(CCCOc1ccccc1)N1CCC[C@@H]1CO. The topological polar surface area (TPSA) is 49.8 Å². The minimum absolute atomic E-state index is 0.0301. The summed E-state index contributed by atoms with van der Waals surface area (Å²) in [6.45, 7) is 1.41. The van der Waals surface area contributed by atoms with Crippen molar-refractivity contribution in [2.75, 3.05) is 19.8 Å². The summed E-state index contributed by atoms with van der Waals surface area (Å²) in [5.74, 6) is 0.970. The van der Waals surface area contributed by atoms with Crippen molar-refractivity contribution in [3.63, 3.8) is 0 Å². The molecule has 1 atom stereocenters. The van der Waals surface area contributed by atoms with Crippen LogP contribution in [0.5, 0.6) is 5.75 Å². The lowest BCUT2D eigenvalue weighted by Gasteiger charge is -2.22. The fourth-order valence-electron chi connectivity index (χ4n) is 2.43. The molecule has 19 heavy (non-hydrogen) atoms. The highest BCUT2D eigenvalue weighted by Crippen LogP contribution is 2.18. The number of ether oxygens (including phenoxy) is 1. The second-order valence-corrected chi connectivity index (χ2v) is 4.83. The lowest BCUT2D eigenvalue weighted by molar-refractivity contribution is -0.132. The molecule has 1 saturated heterocycles. The first-order valence-electron chi connectivity index (χ1n) is 6.89. The Morgan fingerprint density at radius 3 is 2.89 bits per heavy atom. The van der Waals surface area contributed by atoms with E-state index in [-0.39, 0.29) is 18.6 Å². The standard InChI is InChI=1S/C15H21NO3/c17-12-13-6-4-10-16(13)15(18)9-5-11-19-14-7-2-1-3-8-14/h1-3,7-8,13,17H,4-6,9-12H2/t13-/m1/s1. The molecule has 0 bridgehead atoms. The third kappa shape index (κ3) is 3.96. The van der Waals surface area contributed by atoms with Crippen LogP contribution in [0.1, 0.15) is 25.7 Å². The molecular weight excluding hydrogens is 242 g/mol. The zero-order chi connectivity index (χ0) is 13.5. The van der Waals surface area contributed by atoms with Gasteiger partial charge in [0.15, 0.2) is 0 Å². The summed E-state index contributed by atoms with van der Waals surface area (Å²) >= 11 is 0. The Balaban J connectivity index is 1.67. The van der Waals surface area contributed by atoms with Gasteiger partial charge in [-0.1, -0.05) is 18.2 Å². The monoisotopic (exact) mass is 263 g/mol. The molecule has 0 aliphatic carbocycles. The fourth-order valence-corrected chi connectivity index (χ4v) is 2.43. The van der Waals surface area contributed by atoms with Gasteiger partial charge in [-0.15, -0.1) is 0 Å². The number of aliphatic hydroxyl groups is 1. The third-order valence-electron chi connectivity index (χ3n) is 3.46. The highest BCUT2D eigenvalue weighted by atomic mass is 16.5. The molecule has 0 unspecified atom stereocenters. The van der Waals surface area contributed by atoms with Crippen LogP contribution in [0.4, 0.5) is 0 Å². The molecule has 0 saturated carbocycles. The normalized spacial score (nSPS) is 18.6. The second-order valence-electron chi connectivity index (χ2n) is 4.83. The number of likely N-dealkylation sites (tertiary alicyclic amines) is 1. The minimum atomic E-state index is 0.0301. The maximum atomic E-state index is 12.0. The van der Waals surface area contributed by atoms with Crippen molar-refractivity contribution in [2.24, 2.45) is 0 Å². The quantitative estimate of drug-likeness (QED) is 0.797. The number of para-hydroxylation sites is 1. The molecule has 4 heteroatoms. The molecule has 1 aliphatic heterocycles. The summed E-state index contributed by atoms with van der Waals surface area (Å²) in [7, 11) is 0. The predicted octanol–water partition coefficient (Wildman–Crippen LogP) is 1.83. The average Bonchev–Trinajstić information content (AvgIpc) is 2.93. The van der Waals surface area contributed by atoms with Gasteiger partial charge in [-0.2, -0.15) is 0 Å². The van der Waals surface area contributed by atoms with Gasteiger partial charge in [0.25, 0.3) is 0 Å². The van der Waals surface area contributed by atoms with E-state index in [9.17, 15) is 9.90 Å². The van der Waals surface area contributed by atoms with Gasteiger partial charge in [-0.3, -0.25) is 4.79 Å². The number of aliphatic hydroxyl groups excluding tert-OH is 1. The summed E-state index contributed by atoms with van der Waals surface area (Å²) in [6, 6.07) is 9.64. The maximum Gasteiger partial charge on any atom is 0.223 e. The second kappa shape index (κ2) is 7.14. The molecule has 0 spiro atoms. The van der Waals surface area contributed by atoms with E-state index in [4.69, 9.17) is 4.74 Å². The van der Waals surface area contributed by atoms with Gasteiger partial charge in [-0.25, -0.2) is 0 Å². The summed E-state index contributed by atoms with van der Waals surface area (Å²) in [6.07, 6.45) is 3.12. The lowest BCUT2D eigenvalue weighted by atomic mass is 10.2. The van der Waals surface area contributed by atoms with Crippen molar-refractivity contribution in [3.8, 4) is 5.75 Å². The fraction of sp³-hybridized carbons (Fsp3) is 0.533. The highest BCUT2D eigenvalue weighted by molar-refractivity contribution is 5.76. The Kier molecular flexibility index (Phi) is 5.21. The summed E-state index contributed by atoms with van der Waals surface area (Å²) in [5, 5.41) is 9.19. The highest BCUT2D eigenvalue weighted by Gasteiger charge is 2.27. The molecule has 4 nitrogen and oxygen atoms in total. The largest absolute Gasteiger partial charge is 0.494 e. The number of carbonyl (C=O) groups is 1. The lowest BCUT2D eigenvalue weighted by Crippen LogP contribution is -2.37. The number of nitrogens with zero attached hydrogens (tertiary/aromatic N) is 1. The molecule has 1 N–H and O–H groups in total. The van der Waals surface area contributed by atoms with E-state index >= 15 is 0 Å². The van der Waals surface area contributed by atoms with Crippen molar-refractivity contribution < 1.29 is 14.6 Å². The first kappa shape index (κ1) is 13.9. The number of carbonyl (C=O) groups excluding carboxylic acids is 1. The Hall–Kier alpha value is -1.55. The zero-order valence-electron chi connectivity index (χ0n) is 11.1. The first-order chi connectivity index (χ1) is 9.31. The first-order valence-corrected chi connectivity index (χ1v) is 6.89. The number of hydrogen-bond donors (Lipinski definition) is 1. The molecule has 1 aliphatic rings. The van der Waals surface area contributed by atoms with Gasteiger partial charge in [0.05, 0.1) is 19.3 Å². The van der Waals surface area contributed by atoms with E-state index in [2.05, 4.69) is 0 Å². The smallest absolute Gasteiger partial charge is 0.223 e. The van der Waals surface area contributed by atoms with Crippen LogP contribution in [-0.4, -0.2) is 41.7 Å². The molecule has 1 heterocycles. The van der Waals surface area contributed by atoms with E-state index in [1.165, 1.54) is 0 Å². The molecule has 1 aromatic carbocycles. The van der Waals surface area contributed by atoms with E-state index < -0.39 is 0 Å².